The van der Waals surface area contributed by atoms with Gasteiger partial charge in [-0.25, -0.2) is 0 Å². The first kappa shape index (κ1) is 14.0. The molecule has 1 aliphatic carbocycles. The Bertz CT molecular complexity index is 367. The van der Waals surface area contributed by atoms with Crippen LogP contribution < -0.4 is 0 Å². The van der Waals surface area contributed by atoms with Crippen LogP contribution in [0.1, 0.15) is 41.0 Å². The van der Waals surface area contributed by atoms with Crippen molar-refractivity contribution in [1.82, 2.24) is 4.90 Å². The summed E-state index contributed by atoms with van der Waals surface area (Å²) in [6, 6.07) is 0. The standard InChI is InChI=1S/C15H26N2/c1-11-8-13(15(3,4)5)12(2)14(9-11)17(7)10-16-6/h8,10-11H,9H2,1-7H3/b16-10-. The van der Waals surface area contributed by atoms with E-state index in [4.69, 9.17) is 0 Å². The van der Waals surface area contributed by atoms with Gasteiger partial charge in [0.2, 0.25) is 0 Å². The number of hydrogen-bond acceptors (Lipinski definition) is 1. The van der Waals surface area contributed by atoms with Gasteiger partial charge in [-0.05, 0) is 35.8 Å². The molecular weight excluding hydrogens is 208 g/mol. The summed E-state index contributed by atoms with van der Waals surface area (Å²) in [7, 11) is 3.91. The molecule has 0 spiro atoms. The van der Waals surface area contributed by atoms with E-state index in [0.29, 0.717) is 5.92 Å². The molecule has 1 aliphatic rings. The molecule has 0 bridgehead atoms. The quantitative estimate of drug-likeness (QED) is 0.523. The number of rotatable bonds is 2. The van der Waals surface area contributed by atoms with Crippen LogP contribution in [0.5, 0.6) is 0 Å². The van der Waals surface area contributed by atoms with E-state index in [1.165, 1.54) is 16.8 Å². The molecule has 0 aromatic heterocycles. The Kier molecular flexibility index (Phi) is 4.18. The third kappa shape index (κ3) is 3.21. The molecule has 96 valence electrons. The Labute approximate surface area is 106 Å². The Morgan fingerprint density at radius 3 is 2.47 bits per heavy atom. The van der Waals surface area contributed by atoms with Crippen LogP contribution in [-0.4, -0.2) is 25.3 Å². The lowest BCUT2D eigenvalue weighted by molar-refractivity contribution is 0.469. The van der Waals surface area contributed by atoms with Crippen molar-refractivity contribution in [3.8, 4) is 0 Å². The molecule has 0 radical (unpaired) electrons. The molecule has 0 aromatic rings. The minimum Gasteiger partial charge on any atom is -0.339 e. The highest BCUT2D eigenvalue weighted by atomic mass is 15.1. The van der Waals surface area contributed by atoms with Gasteiger partial charge < -0.3 is 4.90 Å². The smallest absolute Gasteiger partial charge is 0.0885 e. The molecule has 1 atom stereocenters. The van der Waals surface area contributed by atoms with Crippen LogP contribution in [0.2, 0.25) is 0 Å². The van der Waals surface area contributed by atoms with E-state index in [0.717, 1.165) is 6.42 Å². The molecule has 1 rings (SSSR count). The Balaban J connectivity index is 3.17. The molecule has 2 nitrogen and oxygen atoms in total. The van der Waals surface area contributed by atoms with Crippen molar-refractivity contribution in [1.29, 1.82) is 0 Å². The summed E-state index contributed by atoms with van der Waals surface area (Å²) in [5.74, 6) is 0.607. The SMILES string of the molecule is C/N=C\N(C)C1=C(C)C(C(C)(C)C)=CC(C)C1. The zero-order valence-corrected chi connectivity index (χ0v) is 12.3. The average molecular weight is 234 g/mol. The zero-order chi connectivity index (χ0) is 13.2. The van der Waals surface area contributed by atoms with E-state index in [1.807, 2.05) is 13.4 Å². The molecular formula is C15H26N2. The van der Waals surface area contributed by atoms with Crippen molar-refractivity contribution in [2.24, 2.45) is 16.3 Å². The van der Waals surface area contributed by atoms with E-state index >= 15 is 0 Å². The second-order valence-corrected chi connectivity index (χ2v) is 6.07. The van der Waals surface area contributed by atoms with E-state index in [9.17, 15) is 0 Å². The summed E-state index contributed by atoms with van der Waals surface area (Å²) in [5.41, 5.74) is 4.50. The van der Waals surface area contributed by atoms with E-state index < -0.39 is 0 Å². The summed E-state index contributed by atoms with van der Waals surface area (Å²) >= 11 is 0. The third-order valence-corrected chi connectivity index (χ3v) is 3.33. The second-order valence-electron chi connectivity index (χ2n) is 6.07. The summed E-state index contributed by atoms with van der Waals surface area (Å²) in [6.45, 7) is 11.4. The fraction of sp³-hybridized carbons (Fsp3) is 0.667. The maximum Gasteiger partial charge on any atom is 0.0885 e. The maximum absolute atomic E-state index is 4.10. The minimum atomic E-state index is 0.216. The van der Waals surface area contributed by atoms with E-state index in [2.05, 4.69) is 57.6 Å². The molecule has 0 N–H and O–H groups in total. The van der Waals surface area contributed by atoms with Crippen LogP contribution in [0.15, 0.2) is 27.9 Å². The molecule has 0 aromatic carbocycles. The highest BCUT2D eigenvalue weighted by Gasteiger charge is 2.26. The molecule has 0 amide bonds. The third-order valence-electron chi connectivity index (χ3n) is 3.33. The first-order valence-corrected chi connectivity index (χ1v) is 6.35. The fourth-order valence-corrected chi connectivity index (χ4v) is 2.55. The van der Waals surface area contributed by atoms with Crippen molar-refractivity contribution in [3.63, 3.8) is 0 Å². The van der Waals surface area contributed by atoms with Gasteiger partial charge in [0.05, 0.1) is 6.34 Å². The van der Waals surface area contributed by atoms with Gasteiger partial charge >= 0.3 is 0 Å². The summed E-state index contributed by atoms with van der Waals surface area (Å²) in [4.78, 5) is 6.26. The predicted octanol–water partition coefficient (Wildman–Crippen LogP) is 3.86. The van der Waals surface area contributed by atoms with Crippen molar-refractivity contribution in [2.45, 2.75) is 41.0 Å². The largest absolute Gasteiger partial charge is 0.339 e. The lowest BCUT2D eigenvalue weighted by Crippen LogP contribution is -2.25. The number of hydrogen-bond donors (Lipinski definition) is 0. The molecule has 2 heteroatoms. The van der Waals surface area contributed by atoms with Gasteiger partial charge in [-0.1, -0.05) is 33.8 Å². The maximum atomic E-state index is 4.10. The van der Waals surface area contributed by atoms with Gasteiger partial charge in [-0.3, -0.25) is 4.99 Å². The summed E-state index contributed by atoms with van der Waals surface area (Å²) < 4.78 is 0. The topological polar surface area (TPSA) is 15.6 Å². The average Bonchev–Trinajstić information content (AvgIpc) is 2.19. The molecule has 17 heavy (non-hydrogen) atoms. The van der Waals surface area contributed by atoms with Gasteiger partial charge in [0, 0.05) is 19.8 Å². The van der Waals surface area contributed by atoms with Crippen molar-refractivity contribution in [3.05, 3.63) is 22.9 Å². The molecule has 0 aliphatic heterocycles. The summed E-state index contributed by atoms with van der Waals surface area (Å²) in [5, 5.41) is 0. The highest BCUT2D eigenvalue weighted by Crippen LogP contribution is 2.39. The van der Waals surface area contributed by atoms with Gasteiger partial charge in [-0.2, -0.15) is 0 Å². The van der Waals surface area contributed by atoms with Crippen LogP contribution in [0.25, 0.3) is 0 Å². The van der Waals surface area contributed by atoms with Crippen LogP contribution in [0.3, 0.4) is 0 Å². The molecule has 1 unspecified atom stereocenters. The first-order valence-electron chi connectivity index (χ1n) is 6.35. The normalized spacial score (nSPS) is 22.1. The number of aliphatic imine (C=N–C) groups is 1. The van der Waals surface area contributed by atoms with Crippen LogP contribution >= 0.6 is 0 Å². The Morgan fingerprint density at radius 1 is 1.41 bits per heavy atom. The molecule has 0 saturated heterocycles. The predicted molar refractivity (Wildman–Crippen MR) is 76.2 cm³/mol. The zero-order valence-electron chi connectivity index (χ0n) is 12.3. The Hall–Kier alpha value is -1.05. The molecule has 0 heterocycles. The van der Waals surface area contributed by atoms with Gasteiger partial charge in [0.25, 0.3) is 0 Å². The number of nitrogens with zero attached hydrogens (tertiary/aromatic N) is 2. The van der Waals surface area contributed by atoms with E-state index in [1.54, 1.807) is 0 Å². The monoisotopic (exact) mass is 234 g/mol. The number of allylic oxidation sites excluding steroid dienone is 4. The fourth-order valence-electron chi connectivity index (χ4n) is 2.55. The molecule has 0 fully saturated rings. The van der Waals surface area contributed by atoms with Crippen molar-refractivity contribution in [2.75, 3.05) is 14.1 Å². The lowest BCUT2D eigenvalue weighted by Gasteiger charge is -2.34. The lowest BCUT2D eigenvalue weighted by atomic mass is 9.76. The summed E-state index contributed by atoms with van der Waals surface area (Å²) in [6.07, 6.45) is 5.43. The highest BCUT2D eigenvalue weighted by molar-refractivity contribution is 5.59. The van der Waals surface area contributed by atoms with Crippen LogP contribution in [0, 0.1) is 11.3 Å². The minimum absolute atomic E-state index is 0.216. The van der Waals surface area contributed by atoms with Crippen molar-refractivity contribution >= 4 is 6.34 Å². The second kappa shape index (κ2) is 5.07. The van der Waals surface area contributed by atoms with E-state index in [-0.39, 0.29) is 5.41 Å². The first-order chi connectivity index (χ1) is 7.77. The van der Waals surface area contributed by atoms with Crippen LogP contribution in [-0.2, 0) is 0 Å². The van der Waals surface area contributed by atoms with Crippen LogP contribution in [0.4, 0.5) is 0 Å². The molecule has 0 saturated carbocycles. The van der Waals surface area contributed by atoms with Gasteiger partial charge in [0.15, 0.2) is 0 Å². The van der Waals surface area contributed by atoms with Gasteiger partial charge in [-0.15, -0.1) is 0 Å². The Morgan fingerprint density at radius 2 is 2.00 bits per heavy atom. The van der Waals surface area contributed by atoms with Crippen molar-refractivity contribution < 1.29 is 0 Å². The van der Waals surface area contributed by atoms with Gasteiger partial charge in [0.1, 0.15) is 0 Å².